The molecule has 2 rings (SSSR count). The van der Waals surface area contributed by atoms with Crippen LogP contribution in [0.1, 0.15) is 28.7 Å². The van der Waals surface area contributed by atoms with Crippen LogP contribution < -0.4 is 5.73 Å². The maximum Gasteiger partial charge on any atom is 0.306 e. The van der Waals surface area contributed by atoms with Gasteiger partial charge in [0.1, 0.15) is 6.61 Å². The number of benzene rings is 2. The number of ether oxygens (including phenoxy) is 1. The number of anilines is 1. The molecule has 0 radical (unpaired) electrons. The molecule has 2 N–H and O–H groups in total. The van der Waals surface area contributed by atoms with Crippen LogP contribution >= 0.6 is 0 Å². The Labute approximate surface area is 125 Å². The second-order valence-electron chi connectivity index (χ2n) is 5.33. The van der Waals surface area contributed by atoms with Gasteiger partial charge in [-0.15, -0.1) is 0 Å². The molecule has 0 aliphatic heterocycles. The molecule has 3 heteroatoms. The van der Waals surface area contributed by atoms with Gasteiger partial charge in [-0.1, -0.05) is 35.9 Å². The Morgan fingerprint density at radius 1 is 1.10 bits per heavy atom. The van der Waals surface area contributed by atoms with Crippen molar-refractivity contribution in [3.05, 3.63) is 64.7 Å². The third-order valence-corrected chi connectivity index (χ3v) is 3.49. The summed E-state index contributed by atoms with van der Waals surface area (Å²) in [5.41, 5.74) is 10.8. The van der Waals surface area contributed by atoms with Crippen molar-refractivity contribution in [3.8, 4) is 0 Å². The molecule has 0 atom stereocenters. The van der Waals surface area contributed by atoms with E-state index in [1.165, 1.54) is 5.56 Å². The zero-order valence-electron chi connectivity index (χ0n) is 12.6. The molecule has 2 aromatic carbocycles. The van der Waals surface area contributed by atoms with Gasteiger partial charge in [-0.3, -0.25) is 4.79 Å². The van der Waals surface area contributed by atoms with E-state index in [1.54, 1.807) is 0 Å². The normalized spacial score (nSPS) is 10.4. The number of esters is 1. The number of nitrogen functional groups attached to an aromatic ring is 1. The fourth-order valence-corrected chi connectivity index (χ4v) is 2.12. The van der Waals surface area contributed by atoms with Crippen molar-refractivity contribution in [1.29, 1.82) is 0 Å². The van der Waals surface area contributed by atoms with E-state index >= 15 is 0 Å². The van der Waals surface area contributed by atoms with Crippen LogP contribution in [-0.4, -0.2) is 5.97 Å². The lowest BCUT2D eigenvalue weighted by Gasteiger charge is -2.08. The Morgan fingerprint density at radius 3 is 2.52 bits per heavy atom. The Bertz CT molecular complexity index is 618. The van der Waals surface area contributed by atoms with Crippen LogP contribution in [0, 0.1) is 13.8 Å². The molecule has 0 unspecified atom stereocenters. The minimum Gasteiger partial charge on any atom is -0.461 e. The van der Waals surface area contributed by atoms with E-state index in [0.29, 0.717) is 19.4 Å². The summed E-state index contributed by atoms with van der Waals surface area (Å²) in [6.07, 6.45) is 1.06. The lowest BCUT2D eigenvalue weighted by molar-refractivity contribution is -0.144. The van der Waals surface area contributed by atoms with Crippen LogP contribution in [0.4, 0.5) is 5.69 Å². The van der Waals surface area contributed by atoms with Crippen LogP contribution in [0.3, 0.4) is 0 Å². The summed E-state index contributed by atoms with van der Waals surface area (Å²) in [6, 6.07) is 13.7. The van der Waals surface area contributed by atoms with Gasteiger partial charge < -0.3 is 10.5 Å². The van der Waals surface area contributed by atoms with Crippen molar-refractivity contribution in [2.45, 2.75) is 33.3 Å². The standard InChI is InChI=1S/C18H21NO2/c1-13-3-4-14(2)16(11-13)12-21-18(20)10-7-15-5-8-17(19)9-6-15/h3-6,8-9,11H,7,10,12,19H2,1-2H3. The van der Waals surface area contributed by atoms with Crippen LogP contribution in [0.15, 0.2) is 42.5 Å². The molecule has 0 aliphatic rings. The number of nitrogens with two attached hydrogens (primary N) is 1. The first-order chi connectivity index (χ1) is 10.0. The van der Waals surface area contributed by atoms with Crippen molar-refractivity contribution < 1.29 is 9.53 Å². The van der Waals surface area contributed by atoms with Gasteiger partial charge in [0, 0.05) is 12.1 Å². The SMILES string of the molecule is Cc1ccc(C)c(COC(=O)CCc2ccc(N)cc2)c1. The highest BCUT2D eigenvalue weighted by molar-refractivity contribution is 5.69. The fourth-order valence-electron chi connectivity index (χ4n) is 2.12. The molecular formula is C18H21NO2. The van der Waals surface area contributed by atoms with Crippen molar-refractivity contribution in [1.82, 2.24) is 0 Å². The maximum absolute atomic E-state index is 11.8. The summed E-state index contributed by atoms with van der Waals surface area (Å²) in [6.45, 7) is 4.40. The molecule has 3 nitrogen and oxygen atoms in total. The molecule has 0 saturated heterocycles. The van der Waals surface area contributed by atoms with Gasteiger partial charge in [0.2, 0.25) is 0 Å². The summed E-state index contributed by atoms with van der Waals surface area (Å²) < 4.78 is 5.35. The first-order valence-corrected chi connectivity index (χ1v) is 7.11. The summed E-state index contributed by atoms with van der Waals surface area (Å²) in [5, 5.41) is 0. The van der Waals surface area contributed by atoms with Crippen LogP contribution in [0.25, 0.3) is 0 Å². The molecule has 110 valence electrons. The summed E-state index contributed by atoms with van der Waals surface area (Å²) in [5.74, 6) is -0.173. The van der Waals surface area contributed by atoms with E-state index in [1.807, 2.05) is 44.2 Å². The Kier molecular flexibility index (Phi) is 4.99. The van der Waals surface area contributed by atoms with Crippen LogP contribution in [0.5, 0.6) is 0 Å². The summed E-state index contributed by atoms with van der Waals surface area (Å²) in [4.78, 5) is 11.8. The van der Waals surface area contributed by atoms with Gasteiger partial charge in [-0.2, -0.15) is 0 Å². The number of carbonyl (C=O) groups excluding carboxylic acids is 1. The van der Waals surface area contributed by atoms with E-state index in [2.05, 4.69) is 12.1 Å². The first kappa shape index (κ1) is 15.1. The van der Waals surface area contributed by atoms with Gasteiger partial charge in [0.25, 0.3) is 0 Å². The number of hydrogen-bond acceptors (Lipinski definition) is 3. The molecule has 0 aliphatic carbocycles. The smallest absolute Gasteiger partial charge is 0.306 e. The van der Waals surface area contributed by atoms with Crippen molar-refractivity contribution >= 4 is 11.7 Å². The topological polar surface area (TPSA) is 52.3 Å². The molecule has 0 bridgehead atoms. The molecule has 0 saturated carbocycles. The average molecular weight is 283 g/mol. The highest BCUT2D eigenvalue weighted by Crippen LogP contribution is 2.13. The molecular weight excluding hydrogens is 262 g/mol. The molecule has 2 aromatic rings. The summed E-state index contributed by atoms with van der Waals surface area (Å²) in [7, 11) is 0. The largest absolute Gasteiger partial charge is 0.461 e. The maximum atomic E-state index is 11.8. The number of hydrogen-bond donors (Lipinski definition) is 1. The van der Waals surface area contributed by atoms with Crippen LogP contribution in [-0.2, 0) is 22.6 Å². The number of carbonyl (C=O) groups is 1. The van der Waals surface area contributed by atoms with E-state index in [4.69, 9.17) is 10.5 Å². The Hall–Kier alpha value is -2.29. The predicted octanol–water partition coefficient (Wildman–Crippen LogP) is 3.56. The van der Waals surface area contributed by atoms with Crippen molar-refractivity contribution in [3.63, 3.8) is 0 Å². The quantitative estimate of drug-likeness (QED) is 0.674. The van der Waals surface area contributed by atoms with Gasteiger partial charge in [0.05, 0.1) is 0 Å². The van der Waals surface area contributed by atoms with E-state index in [-0.39, 0.29) is 5.97 Å². The van der Waals surface area contributed by atoms with Gasteiger partial charge >= 0.3 is 5.97 Å². The summed E-state index contributed by atoms with van der Waals surface area (Å²) >= 11 is 0. The van der Waals surface area contributed by atoms with Crippen molar-refractivity contribution in [2.75, 3.05) is 5.73 Å². The van der Waals surface area contributed by atoms with E-state index < -0.39 is 0 Å². The van der Waals surface area contributed by atoms with E-state index in [0.717, 1.165) is 22.4 Å². The third kappa shape index (κ3) is 4.63. The molecule has 0 heterocycles. The predicted molar refractivity (Wildman–Crippen MR) is 84.9 cm³/mol. The minimum absolute atomic E-state index is 0.173. The first-order valence-electron chi connectivity index (χ1n) is 7.11. The molecule has 0 fully saturated rings. The highest BCUT2D eigenvalue weighted by Gasteiger charge is 2.06. The van der Waals surface area contributed by atoms with Gasteiger partial charge in [0.15, 0.2) is 0 Å². The highest BCUT2D eigenvalue weighted by atomic mass is 16.5. The zero-order valence-corrected chi connectivity index (χ0v) is 12.6. The van der Waals surface area contributed by atoms with E-state index in [9.17, 15) is 4.79 Å². The third-order valence-electron chi connectivity index (χ3n) is 3.49. The fraction of sp³-hybridized carbons (Fsp3) is 0.278. The van der Waals surface area contributed by atoms with Crippen molar-refractivity contribution in [2.24, 2.45) is 0 Å². The van der Waals surface area contributed by atoms with Gasteiger partial charge in [-0.05, 0) is 49.1 Å². The number of aryl methyl sites for hydroxylation is 3. The molecule has 0 amide bonds. The lowest BCUT2D eigenvalue weighted by atomic mass is 10.1. The Morgan fingerprint density at radius 2 is 1.81 bits per heavy atom. The Balaban J connectivity index is 1.82. The lowest BCUT2D eigenvalue weighted by Crippen LogP contribution is -2.07. The molecule has 0 aromatic heterocycles. The second-order valence-corrected chi connectivity index (χ2v) is 5.33. The second kappa shape index (κ2) is 6.93. The molecule has 0 spiro atoms. The number of rotatable bonds is 5. The monoisotopic (exact) mass is 283 g/mol. The zero-order chi connectivity index (χ0) is 15.2. The molecule has 21 heavy (non-hydrogen) atoms. The minimum atomic E-state index is -0.173. The van der Waals surface area contributed by atoms with Gasteiger partial charge in [-0.25, -0.2) is 0 Å². The average Bonchev–Trinajstić information content (AvgIpc) is 2.47. The van der Waals surface area contributed by atoms with Crippen LogP contribution in [0.2, 0.25) is 0 Å².